The second-order valence-electron chi connectivity index (χ2n) is 5.67. The van der Waals surface area contributed by atoms with E-state index in [9.17, 15) is 31.1 Å². The molecule has 3 rings (SSSR count). The van der Waals surface area contributed by atoms with Crippen molar-refractivity contribution in [1.82, 2.24) is 24.7 Å². The molecule has 14 heteroatoms. The smallest absolute Gasteiger partial charge is 0.453 e. The molecule has 0 saturated carbocycles. The van der Waals surface area contributed by atoms with Gasteiger partial charge >= 0.3 is 18.3 Å². The van der Waals surface area contributed by atoms with E-state index in [-0.39, 0.29) is 10.7 Å². The van der Waals surface area contributed by atoms with Crippen molar-refractivity contribution in [2.24, 2.45) is 0 Å². The molecule has 3 heterocycles. The van der Waals surface area contributed by atoms with Crippen LogP contribution >= 0.6 is 11.3 Å². The van der Waals surface area contributed by atoms with Crippen molar-refractivity contribution in [3.63, 3.8) is 0 Å². The zero-order valence-corrected chi connectivity index (χ0v) is 15.0. The minimum atomic E-state index is -4.88. The summed E-state index contributed by atoms with van der Waals surface area (Å²) in [6.07, 6.45) is -9.04. The number of aromatic nitrogens is 5. The topological polar surface area (TPSA) is 93.8 Å². The number of aryl methyl sites for hydroxylation is 1. The molecule has 7 nitrogen and oxygen atoms in total. The predicted molar refractivity (Wildman–Crippen MR) is 85.9 cm³/mol. The van der Waals surface area contributed by atoms with Crippen LogP contribution in [-0.2, 0) is 6.18 Å². The van der Waals surface area contributed by atoms with Crippen LogP contribution in [0.15, 0.2) is 24.5 Å². The second kappa shape index (κ2) is 7.09. The van der Waals surface area contributed by atoms with E-state index in [2.05, 4.69) is 20.1 Å². The van der Waals surface area contributed by atoms with Crippen LogP contribution in [0, 0.1) is 6.92 Å². The average Bonchev–Trinajstić information content (AvgIpc) is 3.21. The normalized spacial score (nSPS) is 13.5. The first kappa shape index (κ1) is 20.7. The van der Waals surface area contributed by atoms with E-state index in [1.54, 1.807) is 0 Å². The molecule has 1 unspecified atom stereocenters. The Morgan fingerprint density at radius 1 is 1.17 bits per heavy atom. The van der Waals surface area contributed by atoms with Crippen LogP contribution in [0.1, 0.15) is 37.8 Å². The van der Waals surface area contributed by atoms with E-state index in [0.717, 1.165) is 18.2 Å². The van der Waals surface area contributed by atoms with Gasteiger partial charge in [0.1, 0.15) is 17.3 Å². The van der Waals surface area contributed by atoms with Crippen LogP contribution in [0.25, 0.3) is 5.82 Å². The van der Waals surface area contributed by atoms with Crippen LogP contribution in [0.4, 0.5) is 26.3 Å². The molecule has 1 atom stereocenters. The van der Waals surface area contributed by atoms with Crippen LogP contribution in [0.3, 0.4) is 0 Å². The third-order valence-electron chi connectivity index (χ3n) is 3.62. The molecule has 0 spiro atoms. The number of nitrogens with zero attached hydrogens (tertiary/aromatic N) is 5. The average molecular weight is 437 g/mol. The summed E-state index contributed by atoms with van der Waals surface area (Å²) in [6.45, 7) is 1.32. The summed E-state index contributed by atoms with van der Waals surface area (Å²) in [5.41, 5.74) is -1.09. The van der Waals surface area contributed by atoms with E-state index in [0.29, 0.717) is 22.3 Å². The van der Waals surface area contributed by atoms with E-state index in [1.165, 1.54) is 6.92 Å². The Morgan fingerprint density at radius 3 is 2.38 bits per heavy atom. The molecule has 0 aliphatic carbocycles. The van der Waals surface area contributed by atoms with Gasteiger partial charge in [0.2, 0.25) is 0 Å². The number of carboxylic acids is 1. The molecule has 0 radical (unpaired) electrons. The highest BCUT2D eigenvalue weighted by molar-refractivity contribution is 7.12. The van der Waals surface area contributed by atoms with Gasteiger partial charge in [-0.25, -0.2) is 24.4 Å². The number of thiazole rings is 1. The molecule has 0 bridgehead atoms. The van der Waals surface area contributed by atoms with Gasteiger partial charge < -0.3 is 5.11 Å². The van der Waals surface area contributed by atoms with Crippen LogP contribution in [0.2, 0.25) is 0 Å². The van der Waals surface area contributed by atoms with Gasteiger partial charge in [-0.1, -0.05) is 6.07 Å². The summed E-state index contributed by atoms with van der Waals surface area (Å²) in [5.74, 6) is -5.65. The van der Waals surface area contributed by atoms with E-state index in [1.807, 2.05) is 0 Å². The Morgan fingerprint density at radius 2 is 1.86 bits per heavy atom. The summed E-state index contributed by atoms with van der Waals surface area (Å²) in [4.78, 5) is 21.6. The number of rotatable bonds is 4. The highest BCUT2D eigenvalue weighted by atomic mass is 32.1. The molecular weight excluding hydrogens is 428 g/mol. The van der Waals surface area contributed by atoms with E-state index in [4.69, 9.17) is 5.11 Å². The molecule has 0 aromatic carbocycles. The van der Waals surface area contributed by atoms with Gasteiger partial charge in [-0.15, -0.1) is 16.4 Å². The lowest BCUT2D eigenvalue weighted by Gasteiger charge is -2.18. The number of alkyl halides is 6. The van der Waals surface area contributed by atoms with Gasteiger partial charge in [0, 0.05) is 4.88 Å². The molecule has 0 aliphatic rings. The SMILES string of the molecule is Cc1sc(C(c2cccc(-n3cnc(C(F)(F)F)n3)n2)C(F)(F)F)nc1C(=O)O. The highest BCUT2D eigenvalue weighted by Gasteiger charge is 2.45. The molecule has 154 valence electrons. The molecule has 1 N–H and O–H groups in total. The summed E-state index contributed by atoms with van der Waals surface area (Å²) in [6, 6.07) is 3.33. The number of hydrogen-bond donors (Lipinski definition) is 1. The Hall–Kier alpha value is -3.03. The molecule has 3 aromatic heterocycles. The molecule has 0 saturated heterocycles. The maximum absolute atomic E-state index is 13.7. The fourth-order valence-corrected chi connectivity index (χ4v) is 3.46. The van der Waals surface area contributed by atoms with Crippen LogP contribution in [0.5, 0.6) is 0 Å². The summed E-state index contributed by atoms with van der Waals surface area (Å²) < 4.78 is 79.7. The maximum atomic E-state index is 13.7. The minimum absolute atomic E-state index is 0.0731. The standard InChI is InChI=1S/C15H9F6N5O2S/c1-6-10(12(27)28)24-11(29-6)9(14(16,17)18)7-3-2-4-8(23-7)26-5-22-13(25-26)15(19,20)21/h2-5,9H,1H3,(H,27,28). The first-order valence-electron chi connectivity index (χ1n) is 7.61. The third kappa shape index (κ3) is 4.21. The van der Waals surface area contributed by atoms with Gasteiger partial charge in [0.05, 0.1) is 5.69 Å². The van der Waals surface area contributed by atoms with E-state index < -0.39 is 46.5 Å². The van der Waals surface area contributed by atoms with Crippen LogP contribution in [-0.4, -0.2) is 42.0 Å². The quantitative estimate of drug-likeness (QED) is 0.624. The Labute approximate surface area is 161 Å². The molecule has 3 aromatic rings. The number of aromatic carboxylic acids is 1. The fourth-order valence-electron chi connectivity index (χ4n) is 2.40. The number of halogens is 6. The minimum Gasteiger partial charge on any atom is -0.476 e. The lowest BCUT2D eigenvalue weighted by molar-refractivity contribution is -0.145. The molecule has 0 aliphatic heterocycles. The molecule has 29 heavy (non-hydrogen) atoms. The first-order valence-corrected chi connectivity index (χ1v) is 8.43. The largest absolute Gasteiger partial charge is 0.476 e. The predicted octanol–water partition coefficient (Wildman–Crippen LogP) is 3.84. The van der Waals surface area contributed by atoms with Crippen molar-refractivity contribution in [3.8, 4) is 5.82 Å². The van der Waals surface area contributed by atoms with Crippen molar-refractivity contribution in [2.45, 2.75) is 25.2 Å². The number of pyridine rings is 1. The maximum Gasteiger partial charge on any atom is 0.453 e. The van der Waals surface area contributed by atoms with Crippen LogP contribution < -0.4 is 0 Å². The second-order valence-corrected chi connectivity index (χ2v) is 6.90. The Balaban J connectivity index is 2.07. The van der Waals surface area contributed by atoms with Crippen molar-refractivity contribution < 1.29 is 36.2 Å². The van der Waals surface area contributed by atoms with Gasteiger partial charge in [-0.2, -0.15) is 26.3 Å². The van der Waals surface area contributed by atoms with Gasteiger partial charge in [-0.3, -0.25) is 0 Å². The van der Waals surface area contributed by atoms with Gasteiger partial charge in [-0.05, 0) is 19.1 Å². The van der Waals surface area contributed by atoms with Crippen molar-refractivity contribution in [2.75, 3.05) is 0 Å². The van der Waals surface area contributed by atoms with Crippen molar-refractivity contribution in [1.29, 1.82) is 0 Å². The van der Waals surface area contributed by atoms with E-state index >= 15 is 0 Å². The van der Waals surface area contributed by atoms with Gasteiger partial charge in [0.15, 0.2) is 11.5 Å². The Kier molecular flexibility index (Phi) is 5.06. The lowest BCUT2D eigenvalue weighted by Crippen LogP contribution is -2.23. The zero-order chi connectivity index (χ0) is 21.6. The zero-order valence-electron chi connectivity index (χ0n) is 14.2. The fraction of sp³-hybridized carbons (Fsp3) is 0.267. The lowest BCUT2D eigenvalue weighted by atomic mass is 10.1. The number of hydrogen-bond acceptors (Lipinski definition) is 6. The first-order chi connectivity index (χ1) is 13.4. The summed E-state index contributed by atoms with van der Waals surface area (Å²) in [5, 5.41) is 11.7. The van der Waals surface area contributed by atoms with Crippen molar-refractivity contribution in [3.05, 3.63) is 51.6 Å². The van der Waals surface area contributed by atoms with Crippen molar-refractivity contribution >= 4 is 17.3 Å². The number of carboxylic acid groups (broad SMARTS) is 1. The van der Waals surface area contributed by atoms with Gasteiger partial charge in [0.25, 0.3) is 5.82 Å². The molecule has 0 fully saturated rings. The number of carbonyl (C=O) groups is 1. The Bertz CT molecular complexity index is 1060. The summed E-state index contributed by atoms with van der Waals surface area (Å²) >= 11 is 0.546. The highest BCUT2D eigenvalue weighted by Crippen LogP contribution is 2.41. The third-order valence-corrected chi connectivity index (χ3v) is 4.66. The summed E-state index contributed by atoms with van der Waals surface area (Å²) in [7, 11) is 0. The molecular formula is C15H9F6N5O2S. The molecule has 0 amide bonds. The monoisotopic (exact) mass is 437 g/mol.